The lowest BCUT2D eigenvalue weighted by Gasteiger charge is -2.26. The smallest absolute Gasteiger partial charge is 0.306 e. The van der Waals surface area contributed by atoms with Gasteiger partial charge in [-0.15, -0.1) is 0 Å². The van der Waals surface area contributed by atoms with Crippen LogP contribution in [-0.4, -0.2) is 45.0 Å². The second-order valence-electron chi connectivity index (χ2n) is 6.59. The molecule has 7 nitrogen and oxygen atoms in total. The van der Waals surface area contributed by atoms with Gasteiger partial charge in [0, 0.05) is 25.1 Å². The van der Waals surface area contributed by atoms with Crippen molar-refractivity contribution in [3.8, 4) is 6.07 Å². The molecule has 2 aromatic rings. The lowest BCUT2D eigenvalue weighted by molar-refractivity contribution is -0.144. The van der Waals surface area contributed by atoms with E-state index in [1.54, 1.807) is 48.5 Å². The first kappa shape index (κ1) is 21.0. The average molecular weight is 414 g/mol. The van der Waals surface area contributed by atoms with Crippen molar-refractivity contribution in [2.75, 3.05) is 26.3 Å². The Bertz CT molecular complexity index is 990. The van der Waals surface area contributed by atoms with Crippen molar-refractivity contribution in [3.63, 3.8) is 0 Å². The maximum atomic E-state index is 12.6. The van der Waals surface area contributed by atoms with Gasteiger partial charge in [0.15, 0.2) is 0 Å². The molecule has 8 heteroatoms. The molecule has 0 spiro atoms. The molecule has 152 valence electrons. The van der Waals surface area contributed by atoms with Crippen LogP contribution in [0.2, 0.25) is 0 Å². The molecule has 0 bridgehead atoms. The molecule has 1 aliphatic heterocycles. The van der Waals surface area contributed by atoms with Gasteiger partial charge in [0.25, 0.3) is 0 Å². The zero-order valence-electron chi connectivity index (χ0n) is 15.9. The number of morpholine rings is 1. The van der Waals surface area contributed by atoms with E-state index >= 15 is 0 Å². The number of hydrogen-bond acceptors (Lipinski definition) is 6. The Morgan fingerprint density at radius 3 is 2.48 bits per heavy atom. The van der Waals surface area contributed by atoms with Crippen molar-refractivity contribution in [2.45, 2.75) is 24.3 Å². The molecule has 0 amide bonds. The van der Waals surface area contributed by atoms with Crippen LogP contribution in [0.1, 0.15) is 23.1 Å². The van der Waals surface area contributed by atoms with E-state index in [2.05, 4.69) is 6.07 Å². The summed E-state index contributed by atoms with van der Waals surface area (Å²) >= 11 is 0. The van der Waals surface area contributed by atoms with E-state index in [1.165, 1.54) is 4.31 Å². The monoisotopic (exact) mass is 414 g/mol. The Hall–Kier alpha value is -2.73. The highest BCUT2D eigenvalue weighted by molar-refractivity contribution is 7.89. The molecule has 0 unspecified atom stereocenters. The third kappa shape index (κ3) is 5.41. The average Bonchev–Trinajstić information content (AvgIpc) is 2.77. The van der Waals surface area contributed by atoms with Crippen LogP contribution in [-0.2, 0) is 37.3 Å². The van der Waals surface area contributed by atoms with Crippen LogP contribution in [0.25, 0.3) is 0 Å². The summed E-state index contributed by atoms with van der Waals surface area (Å²) in [6, 6.07) is 15.6. The van der Waals surface area contributed by atoms with Gasteiger partial charge in [0.05, 0.1) is 29.7 Å². The third-order valence-corrected chi connectivity index (χ3v) is 6.59. The number of sulfonamides is 1. The van der Waals surface area contributed by atoms with Crippen LogP contribution in [0, 0.1) is 11.3 Å². The van der Waals surface area contributed by atoms with Crippen LogP contribution in [0.3, 0.4) is 0 Å². The summed E-state index contributed by atoms with van der Waals surface area (Å²) in [6.45, 7) is 1.56. The van der Waals surface area contributed by atoms with E-state index in [1.807, 2.05) is 0 Å². The van der Waals surface area contributed by atoms with Gasteiger partial charge in [-0.1, -0.05) is 30.3 Å². The number of esters is 1. The number of carbonyl (C=O) groups is 1. The maximum Gasteiger partial charge on any atom is 0.306 e. The quantitative estimate of drug-likeness (QED) is 0.645. The third-order valence-electron chi connectivity index (χ3n) is 4.68. The number of carbonyl (C=O) groups excluding carboxylic acids is 1. The predicted octanol–water partition coefficient (Wildman–Crippen LogP) is 2.26. The molecule has 2 aromatic carbocycles. The largest absolute Gasteiger partial charge is 0.461 e. The van der Waals surface area contributed by atoms with Gasteiger partial charge >= 0.3 is 5.97 Å². The summed E-state index contributed by atoms with van der Waals surface area (Å²) in [7, 11) is -3.52. The summed E-state index contributed by atoms with van der Waals surface area (Å²) in [5, 5.41) is 9.06. The van der Waals surface area contributed by atoms with Gasteiger partial charge in [-0.3, -0.25) is 4.79 Å². The van der Waals surface area contributed by atoms with Crippen LogP contribution < -0.4 is 0 Å². The molecule has 0 saturated carbocycles. The first-order chi connectivity index (χ1) is 14.0. The van der Waals surface area contributed by atoms with Crippen LogP contribution >= 0.6 is 0 Å². The van der Waals surface area contributed by atoms with Gasteiger partial charge in [0.1, 0.15) is 6.61 Å². The summed E-state index contributed by atoms with van der Waals surface area (Å²) < 4.78 is 37.1. The van der Waals surface area contributed by atoms with E-state index in [4.69, 9.17) is 14.7 Å². The summed E-state index contributed by atoms with van der Waals surface area (Å²) in [5.74, 6) is -0.372. The van der Waals surface area contributed by atoms with Gasteiger partial charge < -0.3 is 9.47 Å². The van der Waals surface area contributed by atoms with Gasteiger partial charge in [0.2, 0.25) is 10.0 Å². The molecule has 3 rings (SSSR count). The molecular formula is C21H22N2O5S. The second kappa shape index (κ2) is 9.65. The molecule has 1 saturated heterocycles. The number of aryl methyl sites for hydroxylation is 1. The van der Waals surface area contributed by atoms with Crippen LogP contribution in [0.5, 0.6) is 0 Å². The first-order valence-electron chi connectivity index (χ1n) is 9.31. The number of rotatable bonds is 7. The number of benzene rings is 2. The second-order valence-corrected chi connectivity index (χ2v) is 8.53. The fraction of sp³-hybridized carbons (Fsp3) is 0.333. The molecule has 0 aliphatic carbocycles. The van der Waals surface area contributed by atoms with Crippen molar-refractivity contribution >= 4 is 16.0 Å². The fourth-order valence-electron chi connectivity index (χ4n) is 3.00. The van der Waals surface area contributed by atoms with Crippen LogP contribution in [0.15, 0.2) is 53.4 Å². The van der Waals surface area contributed by atoms with Crippen molar-refractivity contribution in [2.24, 2.45) is 0 Å². The van der Waals surface area contributed by atoms with E-state index in [9.17, 15) is 13.2 Å². The summed E-state index contributed by atoms with van der Waals surface area (Å²) in [6.07, 6.45) is 0.612. The minimum Gasteiger partial charge on any atom is -0.461 e. The Balaban J connectivity index is 1.52. The number of hydrogen-bond donors (Lipinski definition) is 0. The molecular weight excluding hydrogens is 392 g/mol. The minimum absolute atomic E-state index is 0.0549. The molecule has 0 aromatic heterocycles. The molecule has 0 atom stereocenters. The highest BCUT2D eigenvalue weighted by Crippen LogP contribution is 2.18. The van der Waals surface area contributed by atoms with Crippen molar-refractivity contribution < 1.29 is 22.7 Å². The van der Waals surface area contributed by atoms with Gasteiger partial charge in [-0.25, -0.2) is 8.42 Å². The standard InChI is InChI=1S/C21H22N2O5S/c22-15-18-3-1-2-4-19(18)16-28-21(24)10-7-17-5-8-20(9-6-17)29(25,26)23-11-13-27-14-12-23/h1-6,8-9H,7,10-14,16H2. The van der Waals surface area contributed by atoms with E-state index in [0.29, 0.717) is 43.9 Å². The Morgan fingerprint density at radius 2 is 1.79 bits per heavy atom. The van der Waals surface area contributed by atoms with Crippen molar-refractivity contribution in [1.29, 1.82) is 5.26 Å². The zero-order valence-corrected chi connectivity index (χ0v) is 16.7. The van der Waals surface area contributed by atoms with Gasteiger partial charge in [-0.05, 0) is 30.2 Å². The molecule has 0 N–H and O–H groups in total. The van der Waals surface area contributed by atoms with E-state index in [0.717, 1.165) is 5.56 Å². The van der Waals surface area contributed by atoms with E-state index in [-0.39, 0.29) is 23.9 Å². The molecule has 1 heterocycles. The molecule has 29 heavy (non-hydrogen) atoms. The minimum atomic E-state index is -3.52. The first-order valence-corrected chi connectivity index (χ1v) is 10.7. The molecule has 1 aliphatic rings. The highest BCUT2D eigenvalue weighted by Gasteiger charge is 2.26. The lowest BCUT2D eigenvalue weighted by atomic mass is 10.1. The number of nitrogens with zero attached hydrogens (tertiary/aromatic N) is 2. The number of nitriles is 1. The Labute approximate surface area is 170 Å². The van der Waals surface area contributed by atoms with Crippen molar-refractivity contribution in [1.82, 2.24) is 4.31 Å². The zero-order chi connectivity index (χ0) is 20.7. The predicted molar refractivity (Wildman–Crippen MR) is 105 cm³/mol. The van der Waals surface area contributed by atoms with Crippen molar-refractivity contribution in [3.05, 3.63) is 65.2 Å². The summed E-state index contributed by atoms with van der Waals surface area (Å²) in [5.41, 5.74) is 2.00. The number of ether oxygens (including phenoxy) is 2. The van der Waals surface area contributed by atoms with E-state index < -0.39 is 10.0 Å². The maximum absolute atomic E-state index is 12.6. The summed E-state index contributed by atoms with van der Waals surface area (Å²) in [4.78, 5) is 12.2. The Kier molecular flexibility index (Phi) is 6.99. The SMILES string of the molecule is N#Cc1ccccc1COC(=O)CCc1ccc(S(=O)(=O)N2CCOCC2)cc1. The fourth-order valence-corrected chi connectivity index (χ4v) is 4.40. The lowest BCUT2D eigenvalue weighted by Crippen LogP contribution is -2.40. The highest BCUT2D eigenvalue weighted by atomic mass is 32.2. The van der Waals surface area contributed by atoms with Gasteiger partial charge in [-0.2, -0.15) is 9.57 Å². The molecule has 1 fully saturated rings. The topological polar surface area (TPSA) is 96.7 Å². The normalized spacial score (nSPS) is 14.9. The Morgan fingerprint density at radius 1 is 1.10 bits per heavy atom. The van der Waals surface area contributed by atoms with Crippen LogP contribution in [0.4, 0.5) is 0 Å². The molecule has 0 radical (unpaired) electrons.